The first-order valence-electron chi connectivity index (χ1n) is 9.35. The molecule has 0 heterocycles. The Hall–Kier alpha value is -1.36. The zero-order chi connectivity index (χ0) is 18.3. The normalized spacial score (nSPS) is 12.2. The van der Waals surface area contributed by atoms with Crippen molar-refractivity contribution in [2.24, 2.45) is 0 Å². The van der Waals surface area contributed by atoms with Crippen molar-refractivity contribution in [3.05, 3.63) is 60.7 Å². The van der Waals surface area contributed by atoms with E-state index < -0.39 is 15.2 Å². The molecule has 0 aromatic heterocycles. The van der Waals surface area contributed by atoms with Gasteiger partial charge in [0.15, 0.2) is 0 Å². The summed E-state index contributed by atoms with van der Waals surface area (Å²) in [6.45, 7) is 7.16. The second kappa shape index (κ2) is 8.84. The summed E-state index contributed by atoms with van der Waals surface area (Å²) >= 11 is 0. The van der Waals surface area contributed by atoms with E-state index in [1.165, 1.54) is 16.4 Å². The number of rotatable bonds is 8. The smallest absolute Gasteiger partial charge is 0.427 e. The Labute approximate surface area is 154 Å². The van der Waals surface area contributed by atoms with Crippen LogP contribution in [0.15, 0.2) is 60.7 Å². The van der Waals surface area contributed by atoms with E-state index in [1.807, 2.05) is 0 Å². The van der Waals surface area contributed by atoms with Gasteiger partial charge in [0.1, 0.15) is 8.07 Å². The van der Waals surface area contributed by atoms with Gasteiger partial charge in [-0.2, -0.15) is 0 Å². The van der Waals surface area contributed by atoms with E-state index in [-0.39, 0.29) is 5.04 Å². The summed E-state index contributed by atoms with van der Waals surface area (Å²) in [7, 11) is -3.12. The van der Waals surface area contributed by atoms with Crippen LogP contribution in [0.1, 0.15) is 40.0 Å². The highest BCUT2D eigenvalue weighted by atomic mass is 28.3. The highest BCUT2D eigenvalue weighted by Gasteiger charge is 2.46. The zero-order valence-electron chi connectivity index (χ0n) is 15.8. The average molecular weight is 354 g/mol. The first kappa shape index (κ1) is 20.0. The zero-order valence-corrected chi connectivity index (χ0v) is 16.8. The third kappa shape index (κ3) is 4.84. The van der Waals surface area contributed by atoms with Crippen LogP contribution < -0.4 is 10.4 Å². The maximum Gasteiger partial charge on any atom is 0.451 e. The molecule has 2 N–H and O–H groups in total. The molecule has 0 saturated heterocycles. The summed E-state index contributed by atoms with van der Waals surface area (Å²) < 4.78 is 0. The number of hydrogen-bond acceptors (Lipinski definition) is 2. The Morgan fingerprint density at radius 1 is 0.760 bits per heavy atom. The second-order valence-corrected chi connectivity index (χ2v) is 12.9. The Morgan fingerprint density at radius 2 is 1.24 bits per heavy atom. The molecule has 2 rings (SSSR count). The Balaban J connectivity index is 2.36. The second-order valence-electron chi connectivity index (χ2n) is 7.97. The minimum atomic E-state index is -1.95. The van der Waals surface area contributed by atoms with Gasteiger partial charge in [0.05, 0.1) is 0 Å². The molecule has 0 amide bonds. The number of benzene rings is 2. The fraction of sp³-hybridized carbons (Fsp3) is 0.429. The van der Waals surface area contributed by atoms with Gasteiger partial charge in [-0.1, -0.05) is 111 Å². The van der Waals surface area contributed by atoms with Crippen molar-refractivity contribution in [1.29, 1.82) is 0 Å². The molecule has 0 aliphatic heterocycles. The molecule has 0 unspecified atom stereocenters. The summed E-state index contributed by atoms with van der Waals surface area (Å²) in [6.07, 6.45) is 3.51. The molecule has 2 aromatic carbocycles. The van der Waals surface area contributed by atoms with Crippen molar-refractivity contribution in [3.8, 4) is 0 Å². The molecule has 2 nitrogen and oxygen atoms in total. The van der Waals surface area contributed by atoms with Crippen LogP contribution in [-0.2, 0) is 0 Å². The van der Waals surface area contributed by atoms with Crippen molar-refractivity contribution >= 4 is 25.6 Å². The fourth-order valence-corrected chi connectivity index (χ4v) is 9.73. The minimum absolute atomic E-state index is 0.201. The highest BCUT2D eigenvalue weighted by molar-refractivity contribution is 7.04. The molecule has 2 aromatic rings. The maximum absolute atomic E-state index is 9.06. The van der Waals surface area contributed by atoms with Gasteiger partial charge < -0.3 is 10.0 Å². The van der Waals surface area contributed by atoms with Crippen LogP contribution >= 0.6 is 0 Å². The molecule has 0 saturated carbocycles. The molecule has 0 bridgehead atoms. The molecule has 0 spiro atoms. The van der Waals surface area contributed by atoms with E-state index in [0.717, 1.165) is 19.3 Å². The van der Waals surface area contributed by atoms with Gasteiger partial charge in [0.2, 0.25) is 0 Å². The lowest BCUT2D eigenvalue weighted by Crippen LogP contribution is -2.64. The lowest BCUT2D eigenvalue weighted by Gasteiger charge is -2.44. The van der Waals surface area contributed by atoms with E-state index in [9.17, 15) is 0 Å². The van der Waals surface area contributed by atoms with Gasteiger partial charge in [0, 0.05) is 0 Å². The van der Waals surface area contributed by atoms with Crippen molar-refractivity contribution in [1.82, 2.24) is 0 Å². The van der Waals surface area contributed by atoms with Crippen LogP contribution in [0.2, 0.25) is 17.4 Å². The predicted octanol–water partition coefficient (Wildman–Crippen LogP) is 3.69. The SMILES string of the molecule is CC(C)(C)[Si](CCCCCB(O)O)(c1ccccc1)c1ccccc1. The van der Waals surface area contributed by atoms with Gasteiger partial charge in [-0.15, -0.1) is 0 Å². The summed E-state index contributed by atoms with van der Waals surface area (Å²) in [5, 5.41) is 21.3. The molecule has 25 heavy (non-hydrogen) atoms. The molecule has 0 atom stereocenters. The monoisotopic (exact) mass is 354 g/mol. The molecular formula is C21H31BO2Si. The first-order chi connectivity index (χ1) is 11.9. The minimum Gasteiger partial charge on any atom is -0.427 e. The lowest BCUT2D eigenvalue weighted by molar-refractivity contribution is 0.402. The summed E-state index contributed by atoms with van der Waals surface area (Å²) in [4.78, 5) is 0. The quantitative estimate of drug-likeness (QED) is 0.561. The van der Waals surface area contributed by atoms with E-state index in [2.05, 4.69) is 81.4 Å². The molecule has 0 aliphatic rings. The van der Waals surface area contributed by atoms with E-state index in [0.29, 0.717) is 6.32 Å². The van der Waals surface area contributed by atoms with Crippen molar-refractivity contribution in [2.45, 2.75) is 57.4 Å². The molecule has 134 valence electrons. The molecular weight excluding hydrogens is 323 g/mol. The number of unbranched alkanes of at least 4 members (excludes halogenated alkanes) is 2. The molecule has 4 heteroatoms. The molecule has 0 radical (unpaired) electrons. The van der Waals surface area contributed by atoms with Crippen LogP contribution in [-0.4, -0.2) is 25.2 Å². The number of hydrogen-bond donors (Lipinski definition) is 2. The van der Waals surface area contributed by atoms with Gasteiger partial charge in [0.25, 0.3) is 0 Å². The standard InChI is InChI=1S/C21H31BO2Si/c1-21(2,3)25(19-13-7-4-8-14-19,20-15-9-5-10-16-20)18-12-6-11-17-22(23)24/h4-5,7-10,13-16,23-24H,6,11-12,17-18H2,1-3H3. The Morgan fingerprint density at radius 3 is 1.64 bits per heavy atom. The van der Waals surface area contributed by atoms with E-state index in [4.69, 9.17) is 10.0 Å². The third-order valence-electron chi connectivity index (χ3n) is 5.33. The lowest BCUT2D eigenvalue weighted by atomic mass is 9.83. The van der Waals surface area contributed by atoms with Gasteiger partial charge in [-0.3, -0.25) is 0 Å². The highest BCUT2D eigenvalue weighted by Crippen LogP contribution is 2.39. The average Bonchev–Trinajstić information content (AvgIpc) is 2.58. The van der Waals surface area contributed by atoms with Crippen LogP contribution in [0, 0.1) is 0 Å². The molecule has 0 fully saturated rings. The van der Waals surface area contributed by atoms with Crippen LogP contribution in [0.5, 0.6) is 0 Å². The van der Waals surface area contributed by atoms with Gasteiger partial charge in [-0.25, -0.2) is 0 Å². The Bertz CT molecular complexity index is 584. The van der Waals surface area contributed by atoms with Crippen LogP contribution in [0.25, 0.3) is 0 Å². The van der Waals surface area contributed by atoms with Crippen molar-refractivity contribution in [3.63, 3.8) is 0 Å². The van der Waals surface area contributed by atoms with Gasteiger partial charge in [-0.05, 0) is 17.4 Å². The summed E-state index contributed by atoms with van der Waals surface area (Å²) in [6, 6.07) is 23.3. The van der Waals surface area contributed by atoms with E-state index in [1.54, 1.807) is 0 Å². The topological polar surface area (TPSA) is 40.5 Å². The summed E-state index contributed by atoms with van der Waals surface area (Å²) in [5.41, 5.74) is 0. The van der Waals surface area contributed by atoms with Crippen LogP contribution in [0.3, 0.4) is 0 Å². The van der Waals surface area contributed by atoms with E-state index >= 15 is 0 Å². The summed E-state index contributed by atoms with van der Waals surface area (Å²) in [5.74, 6) is 0. The van der Waals surface area contributed by atoms with Crippen molar-refractivity contribution in [2.75, 3.05) is 0 Å². The first-order valence-corrected chi connectivity index (χ1v) is 11.6. The fourth-order valence-electron chi connectivity index (χ4n) is 4.04. The predicted molar refractivity (Wildman–Crippen MR) is 111 cm³/mol. The third-order valence-corrected chi connectivity index (χ3v) is 11.6. The maximum atomic E-state index is 9.06. The Kier molecular flexibility index (Phi) is 7.06. The van der Waals surface area contributed by atoms with Crippen LogP contribution in [0.4, 0.5) is 0 Å². The van der Waals surface area contributed by atoms with Gasteiger partial charge >= 0.3 is 7.12 Å². The van der Waals surface area contributed by atoms with Crippen molar-refractivity contribution < 1.29 is 10.0 Å². The largest absolute Gasteiger partial charge is 0.451 e. The molecule has 0 aliphatic carbocycles.